The average Bonchev–Trinajstić information content (AvgIpc) is 2.41. The Morgan fingerprint density at radius 3 is 2.84 bits per heavy atom. The molecule has 1 aliphatic heterocycles. The lowest BCUT2D eigenvalue weighted by Gasteiger charge is -2.25. The number of halogens is 3. The van der Waals surface area contributed by atoms with E-state index >= 15 is 0 Å². The van der Waals surface area contributed by atoms with E-state index in [1.54, 1.807) is 12.3 Å². The predicted octanol–water partition coefficient (Wildman–Crippen LogP) is 5.22. The van der Waals surface area contributed by atoms with Crippen molar-refractivity contribution in [1.29, 1.82) is 0 Å². The normalized spacial score (nSPS) is 17.7. The Bertz CT molecular complexity index is 633. The molecule has 0 saturated heterocycles. The van der Waals surface area contributed by atoms with E-state index in [4.69, 9.17) is 27.9 Å². The monoisotopic (exact) mass is 357 g/mol. The van der Waals surface area contributed by atoms with Crippen LogP contribution >= 0.6 is 39.1 Å². The van der Waals surface area contributed by atoms with Gasteiger partial charge in [0.2, 0.25) is 5.88 Å². The van der Waals surface area contributed by atoms with Crippen LogP contribution in [0.3, 0.4) is 0 Å². The molecule has 0 bridgehead atoms. The summed E-state index contributed by atoms with van der Waals surface area (Å²) in [6.45, 7) is 0. The number of hydrogen-bond acceptors (Lipinski definition) is 2. The third-order valence-corrected chi connectivity index (χ3v) is 4.31. The number of benzene rings is 1. The standard InChI is InChI=1S/C14H10BrCl2NO/c15-10-5-9-2-4-13(19-14(9)18-7-10)8-1-3-11(16)12(17)6-8/h1,3,5-7,13H,2,4H2. The maximum Gasteiger partial charge on any atom is 0.217 e. The van der Waals surface area contributed by atoms with Gasteiger partial charge in [0.25, 0.3) is 0 Å². The lowest BCUT2D eigenvalue weighted by atomic mass is 9.99. The number of rotatable bonds is 1. The minimum Gasteiger partial charge on any atom is -0.469 e. The third-order valence-electron chi connectivity index (χ3n) is 3.14. The molecular formula is C14H10BrCl2NO. The SMILES string of the molecule is Clc1ccc(C2CCc3cc(Br)cnc3O2)cc1Cl. The maximum absolute atomic E-state index is 6.04. The van der Waals surface area contributed by atoms with Gasteiger partial charge in [-0.15, -0.1) is 0 Å². The van der Waals surface area contributed by atoms with E-state index < -0.39 is 0 Å². The summed E-state index contributed by atoms with van der Waals surface area (Å²) >= 11 is 15.4. The van der Waals surface area contributed by atoms with Crippen LogP contribution in [0.15, 0.2) is 34.9 Å². The molecule has 0 N–H and O–H groups in total. The van der Waals surface area contributed by atoms with Crippen LogP contribution < -0.4 is 4.74 Å². The highest BCUT2D eigenvalue weighted by Crippen LogP contribution is 2.36. The molecule has 3 rings (SSSR count). The van der Waals surface area contributed by atoms with Crippen LogP contribution in [0.5, 0.6) is 5.88 Å². The summed E-state index contributed by atoms with van der Waals surface area (Å²) < 4.78 is 6.91. The molecule has 0 saturated carbocycles. The summed E-state index contributed by atoms with van der Waals surface area (Å²) in [5.74, 6) is 0.700. The van der Waals surface area contributed by atoms with Gasteiger partial charge in [-0.25, -0.2) is 4.98 Å². The highest BCUT2D eigenvalue weighted by molar-refractivity contribution is 9.10. The Morgan fingerprint density at radius 1 is 1.21 bits per heavy atom. The van der Waals surface area contributed by atoms with Crippen LogP contribution in [0.2, 0.25) is 10.0 Å². The number of pyridine rings is 1. The van der Waals surface area contributed by atoms with Gasteiger partial charge in [0.05, 0.1) is 10.0 Å². The van der Waals surface area contributed by atoms with Crippen molar-refractivity contribution in [3.05, 3.63) is 56.1 Å². The van der Waals surface area contributed by atoms with Gasteiger partial charge in [0, 0.05) is 16.2 Å². The van der Waals surface area contributed by atoms with Gasteiger partial charge in [-0.3, -0.25) is 0 Å². The molecule has 1 aromatic carbocycles. The van der Waals surface area contributed by atoms with Crippen molar-refractivity contribution in [2.45, 2.75) is 18.9 Å². The van der Waals surface area contributed by atoms with Crippen LogP contribution in [0, 0.1) is 0 Å². The lowest BCUT2D eigenvalue weighted by molar-refractivity contribution is 0.168. The highest BCUT2D eigenvalue weighted by atomic mass is 79.9. The topological polar surface area (TPSA) is 22.1 Å². The summed E-state index contributed by atoms with van der Waals surface area (Å²) in [7, 11) is 0. The van der Waals surface area contributed by atoms with Crippen molar-refractivity contribution in [3.63, 3.8) is 0 Å². The second-order valence-electron chi connectivity index (χ2n) is 4.44. The quantitative estimate of drug-likeness (QED) is 0.697. The van der Waals surface area contributed by atoms with Gasteiger partial charge < -0.3 is 4.74 Å². The molecule has 1 atom stereocenters. The minimum atomic E-state index is -0.0176. The molecule has 2 nitrogen and oxygen atoms in total. The lowest BCUT2D eigenvalue weighted by Crippen LogP contribution is -2.16. The summed E-state index contributed by atoms with van der Waals surface area (Å²) in [6, 6.07) is 7.65. The average molecular weight is 359 g/mol. The van der Waals surface area contributed by atoms with Crippen molar-refractivity contribution >= 4 is 39.1 Å². The Morgan fingerprint density at radius 2 is 2.05 bits per heavy atom. The van der Waals surface area contributed by atoms with E-state index in [9.17, 15) is 0 Å². The van der Waals surface area contributed by atoms with Crippen LogP contribution in [-0.4, -0.2) is 4.98 Å². The molecule has 0 amide bonds. The van der Waals surface area contributed by atoms with E-state index in [1.807, 2.05) is 18.2 Å². The zero-order valence-electron chi connectivity index (χ0n) is 9.87. The summed E-state index contributed by atoms with van der Waals surface area (Å²) in [6.07, 6.45) is 3.57. The molecule has 0 spiro atoms. The van der Waals surface area contributed by atoms with Gasteiger partial charge in [-0.2, -0.15) is 0 Å². The molecule has 1 aromatic heterocycles. The van der Waals surface area contributed by atoms with Crippen molar-refractivity contribution in [2.75, 3.05) is 0 Å². The Balaban J connectivity index is 1.89. The number of hydrogen-bond donors (Lipinski definition) is 0. The van der Waals surface area contributed by atoms with Gasteiger partial charge in [-0.05, 0) is 52.5 Å². The molecule has 19 heavy (non-hydrogen) atoms. The Hall–Kier alpha value is -0.770. The van der Waals surface area contributed by atoms with Crippen LogP contribution in [0.1, 0.15) is 23.7 Å². The molecule has 0 fully saturated rings. The molecule has 98 valence electrons. The number of ether oxygens (including phenoxy) is 1. The first-order chi connectivity index (χ1) is 9.13. The predicted molar refractivity (Wildman–Crippen MR) is 80.1 cm³/mol. The van der Waals surface area contributed by atoms with E-state index in [0.29, 0.717) is 15.9 Å². The molecule has 5 heteroatoms. The van der Waals surface area contributed by atoms with Crippen molar-refractivity contribution in [1.82, 2.24) is 4.98 Å². The first kappa shape index (κ1) is 13.2. The maximum atomic E-state index is 6.04. The fourth-order valence-electron chi connectivity index (χ4n) is 2.18. The van der Waals surface area contributed by atoms with Crippen molar-refractivity contribution in [3.8, 4) is 5.88 Å². The summed E-state index contributed by atoms with van der Waals surface area (Å²) in [5.41, 5.74) is 2.16. The molecule has 1 unspecified atom stereocenters. The second-order valence-corrected chi connectivity index (χ2v) is 6.17. The number of aromatic nitrogens is 1. The van der Waals surface area contributed by atoms with Crippen molar-refractivity contribution in [2.24, 2.45) is 0 Å². The van der Waals surface area contributed by atoms with E-state index in [-0.39, 0.29) is 6.10 Å². The van der Waals surface area contributed by atoms with Gasteiger partial charge in [0.1, 0.15) is 6.10 Å². The van der Waals surface area contributed by atoms with Crippen LogP contribution in [0.25, 0.3) is 0 Å². The number of fused-ring (bicyclic) bond motifs is 1. The van der Waals surface area contributed by atoms with E-state index in [2.05, 4.69) is 20.9 Å². The largest absolute Gasteiger partial charge is 0.469 e. The second kappa shape index (κ2) is 5.31. The first-order valence-corrected chi connectivity index (χ1v) is 7.44. The molecule has 0 aliphatic carbocycles. The zero-order chi connectivity index (χ0) is 13.4. The smallest absolute Gasteiger partial charge is 0.217 e. The molecular weight excluding hydrogens is 349 g/mol. The first-order valence-electron chi connectivity index (χ1n) is 5.89. The van der Waals surface area contributed by atoms with Gasteiger partial charge in [-0.1, -0.05) is 29.3 Å². The van der Waals surface area contributed by atoms with E-state index in [0.717, 1.165) is 28.4 Å². The third kappa shape index (κ3) is 2.73. The molecule has 1 aliphatic rings. The number of aryl methyl sites for hydroxylation is 1. The van der Waals surface area contributed by atoms with Gasteiger partial charge >= 0.3 is 0 Å². The fraction of sp³-hybridized carbons (Fsp3) is 0.214. The molecule has 0 radical (unpaired) electrons. The molecule has 2 aromatic rings. The number of nitrogens with zero attached hydrogens (tertiary/aromatic N) is 1. The Kier molecular flexibility index (Phi) is 3.70. The fourth-order valence-corrected chi connectivity index (χ4v) is 2.87. The summed E-state index contributed by atoms with van der Waals surface area (Å²) in [4.78, 5) is 4.31. The van der Waals surface area contributed by atoms with Crippen LogP contribution in [-0.2, 0) is 6.42 Å². The molecule has 2 heterocycles. The Labute approximate surface area is 129 Å². The zero-order valence-corrected chi connectivity index (χ0v) is 13.0. The highest BCUT2D eigenvalue weighted by Gasteiger charge is 2.23. The van der Waals surface area contributed by atoms with E-state index in [1.165, 1.54) is 0 Å². The minimum absolute atomic E-state index is 0.0176. The summed E-state index contributed by atoms with van der Waals surface area (Å²) in [5, 5.41) is 1.11. The van der Waals surface area contributed by atoms with Crippen LogP contribution in [0.4, 0.5) is 0 Å². The van der Waals surface area contributed by atoms with Gasteiger partial charge in [0.15, 0.2) is 0 Å². The van der Waals surface area contributed by atoms with Crippen molar-refractivity contribution < 1.29 is 4.74 Å².